The van der Waals surface area contributed by atoms with Gasteiger partial charge in [-0.25, -0.2) is 4.39 Å². The Balaban J connectivity index is 2.23. The molecule has 106 valence electrons. The molecule has 5 heteroatoms. The third kappa shape index (κ3) is 3.47. The molecule has 1 N–H and O–H groups in total. The van der Waals surface area contributed by atoms with Crippen molar-refractivity contribution in [3.05, 3.63) is 35.1 Å². The van der Waals surface area contributed by atoms with Crippen LogP contribution in [0.15, 0.2) is 18.2 Å². The van der Waals surface area contributed by atoms with Crippen molar-refractivity contribution in [1.29, 1.82) is 0 Å². The van der Waals surface area contributed by atoms with E-state index in [1.54, 1.807) is 0 Å². The molecule has 0 spiro atoms. The summed E-state index contributed by atoms with van der Waals surface area (Å²) in [6.45, 7) is 0. The number of hydrogen-bond donors (Lipinski definition) is 1. The maximum Gasteiger partial charge on any atom is 0.416 e. The van der Waals surface area contributed by atoms with E-state index >= 15 is 0 Å². The summed E-state index contributed by atoms with van der Waals surface area (Å²) >= 11 is 0. The lowest BCUT2D eigenvalue weighted by atomic mass is 9.92. The molecule has 1 aliphatic rings. The fourth-order valence-electron chi connectivity index (χ4n) is 2.76. The first-order valence-electron chi connectivity index (χ1n) is 6.42. The highest BCUT2D eigenvalue weighted by atomic mass is 19.4. The zero-order valence-electron chi connectivity index (χ0n) is 10.4. The summed E-state index contributed by atoms with van der Waals surface area (Å²) in [5, 5.41) is 9.98. The molecule has 0 aliphatic heterocycles. The molecule has 0 saturated heterocycles. The molecule has 1 aromatic rings. The van der Waals surface area contributed by atoms with Crippen LogP contribution in [0.1, 0.15) is 49.3 Å². The molecular weight excluding hydrogens is 260 g/mol. The first-order chi connectivity index (χ1) is 8.88. The molecule has 2 rings (SSSR count). The summed E-state index contributed by atoms with van der Waals surface area (Å²) < 4.78 is 51.6. The average Bonchev–Trinajstić information content (AvgIpc) is 2.80. The summed E-state index contributed by atoms with van der Waals surface area (Å²) in [6.07, 6.45) is -1.61. The molecule has 0 amide bonds. The predicted octanol–water partition coefficient (Wildman–Crippen LogP) is 4.46. The van der Waals surface area contributed by atoms with Crippen molar-refractivity contribution in [3.8, 4) is 0 Å². The van der Waals surface area contributed by atoms with Crippen molar-refractivity contribution in [1.82, 2.24) is 0 Å². The van der Waals surface area contributed by atoms with Crippen molar-refractivity contribution in [2.45, 2.75) is 44.4 Å². The topological polar surface area (TPSA) is 20.2 Å². The van der Waals surface area contributed by atoms with E-state index in [9.17, 15) is 22.7 Å². The van der Waals surface area contributed by atoms with Crippen molar-refractivity contribution >= 4 is 0 Å². The Morgan fingerprint density at radius 1 is 1.21 bits per heavy atom. The van der Waals surface area contributed by atoms with Gasteiger partial charge >= 0.3 is 6.18 Å². The molecule has 1 aromatic carbocycles. The van der Waals surface area contributed by atoms with Crippen LogP contribution in [0.5, 0.6) is 0 Å². The van der Waals surface area contributed by atoms with E-state index in [-0.39, 0.29) is 17.9 Å². The van der Waals surface area contributed by atoms with E-state index in [0.717, 1.165) is 37.8 Å². The van der Waals surface area contributed by atoms with Crippen LogP contribution in [0.4, 0.5) is 17.6 Å². The largest absolute Gasteiger partial charge is 0.416 e. The van der Waals surface area contributed by atoms with Crippen molar-refractivity contribution < 1.29 is 22.7 Å². The number of rotatable bonds is 3. The van der Waals surface area contributed by atoms with Crippen LogP contribution in [-0.4, -0.2) is 5.11 Å². The number of halogens is 4. The zero-order valence-corrected chi connectivity index (χ0v) is 10.4. The Labute approximate surface area is 109 Å². The number of alkyl halides is 3. The highest BCUT2D eigenvalue weighted by Crippen LogP contribution is 2.39. The molecule has 0 aromatic heterocycles. The minimum Gasteiger partial charge on any atom is -0.388 e. The van der Waals surface area contributed by atoms with Crippen LogP contribution in [0, 0.1) is 11.7 Å². The van der Waals surface area contributed by atoms with Crippen molar-refractivity contribution in [3.63, 3.8) is 0 Å². The Hall–Kier alpha value is -1.10. The van der Waals surface area contributed by atoms with Gasteiger partial charge in [0.05, 0.1) is 11.7 Å². The molecule has 19 heavy (non-hydrogen) atoms. The molecule has 1 atom stereocenters. The molecule has 1 nitrogen and oxygen atoms in total. The van der Waals surface area contributed by atoms with Crippen molar-refractivity contribution in [2.75, 3.05) is 0 Å². The molecule has 0 radical (unpaired) electrons. The minimum absolute atomic E-state index is 0.236. The Kier molecular flexibility index (Phi) is 4.13. The van der Waals surface area contributed by atoms with Gasteiger partial charge in [-0.3, -0.25) is 0 Å². The zero-order chi connectivity index (χ0) is 14.0. The van der Waals surface area contributed by atoms with E-state index in [4.69, 9.17) is 0 Å². The van der Waals surface area contributed by atoms with Gasteiger partial charge in [-0.05, 0) is 36.1 Å². The second kappa shape index (κ2) is 5.49. The molecule has 1 unspecified atom stereocenters. The Bertz CT molecular complexity index is 436. The average molecular weight is 276 g/mol. The van der Waals surface area contributed by atoms with Crippen LogP contribution in [-0.2, 0) is 6.18 Å². The van der Waals surface area contributed by atoms with Gasteiger partial charge in [-0.2, -0.15) is 13.2 Å². The number of aliphatic hydroxyl groups excluding tert-OH is 1. The van der Waals surface area contributed by atoms with E-state index < -0.39 is 23.7 Å². The third-order valence-corrected chi connectivity index (χ3v) is 3.71. The lowest BCUT2D eigenvalue weighted by Gasteiger charge is -2.20. The van der Waals surface area contributed by atoms with E-state index in [1.807, 2.05) is 0 Å². The summed E-state index contributed by atoms with van der Waals surface area (Å²) in [6, 6.07) is 2.26. The summed E-state index contributed by atoms with van der Waals surface area (Å²) in [4.78, 5) is 0. The van der Waals surface area contributed by atoms with Gasteiger partial charge in [-0.1, -0.05) is 25.7 Å². The monoisotopic (exact) mass is 276 g/mol. The SMILES string of the molecule is OC(CC1CCCC1)c1cc(F)ccc1C(F)(F)F. The molecular formula is C14H16F4O. The van der Waals surface area contributed by atoms with Crippen LogP contribution >= 0.6 is 0 Å². The van der Waals surface area contributed by atoms with Gasteiger partial charge in [0, 0.05) is 0 Å². The second-order valence-electron chi connectivity index (χ2n) is 5.13. The Morgan fingerprint density at radius 3 is 2.42 bits per heavy atom. The van der Waals surface area contributed by atoms with Gasteiger partial charge in [0.25, 0.3) is 0 Å². The van der Waals surface area contributed by atoms with Crippen LogP contribution in [0.25, 0.3) is 0 Å². The second-order valence-corrected chi connectivity index (χ2v) is 5.13. The maximum absolute atomic E-state index is 13.1. The molecule has 1 aliphatic carbocycles. The summed E-state index contributed by atoms with van der Waals surface area (Å²) in [7, 11) is 0. The number of benzene rings is 1. The number of hydrogen-bond acceptors (Lipinski definition) is 1. The summed E-state index contributed by atoms with van der Waals surface area (Å²) in [5.41, 5.74) is -1.29. The Morgan fingerprint density at radius 2 is 1.84 bits per heavy atom. The fourth-order valence-corrected chi connectivity index (χ4v) is 2.76. The first-order valence-corrected chi connectivity index (χ1v) is 6.42. The van der Waals surface area contributed by atoms with Gasteiger partial charge < -0.3 is 5.11 Å². The third-order valence-electron chi connectivity index (χ3n) is 3.71. The van der Waals surface area contributed by atoms with Crippen LogP contribution in [0.3, 0.4) is 0 Å². The fraction of sp³-hybridized carbons (Fsp3) is 0.571. The normalized spacial score (nSPS) is 18.8. The predicted molar refractivity (Wildman–Crippen MR) is 62.9 cm³/mol. The lowest BCUT2D eigenvalue weighted by molar-refractivity contribution is -0.139. The minimum atomic E-state index is -4.57. The van der Waals surface area contributed by atoms with E-state index in [1.165, 1.54) is 0 Å². The highest BCUT2D eigenvalue weighted by Gasteiger charge is 2.35. The van der Waals surface area contributed by atoms with Crippen molar-refractivity contribution in [2.24, 2.45) is 5.92 Å². The highest BCUT2D eigenvalue weighted by molar-refractivity contribution is 5.32. The van der Waals surface area contributed by atoms with Gasteiger partial charge in [0.15, 0.2) is 0 Å². The standard InChI is InChI=1S/C14H16F4O/c15-10-5-6-12(14(16,17)18)11(8-10)13(19)7-9-3-1-2-4-9/h5-6,8-9,13,19H,1-4,7H2. The van der Waals surface area contributed by atoms with Gasteiger partial charge in [0.2, 0.25) is 0 Å². The molecule has 1 saturated carbocycles. The lowest BCUT2D eigenvalue weighted by Crippen LogP contribution is -2.14. The van der Waals surface area contributed by atoms with Gasteiger partial charge in [-0.15, -0.1) is 0 Å². The molecule has 0 bridgehead atoms. The van der Waals surface area contributed by atoms with Crippen LogP contribution in [0.2, 0.25) is 0 Å². The molecule has 0 heterocycles. The van der Waals surface area contributed by atoms with E-state index in [0.29, 0.717) is 6.07 Å². The quantitative estimate of drug-likeness (QED) is 0.808. The summed E-state index contributed by atoms with van der Waals surface area (Å²) in [5.74, 6) is -0.521. The number of aliphatic hydroxyl groups is 1. The van der Waals surface area contributed by atoms with E-state index in [2.05, 4.69) is 0 Å². The smallest absolute Gasteiger partial charge is 0.388 e. The van der Waals surface area contributed by atoms with Crippen LogP contribution < -0.4 is 0 Å². The maximum atomic E-state index is 13.1. The van der Waals surface area contributed by atoms with Gasteiger partial charge in [0.1, 0.15) is 5.82 Å². The molecule has 1 fully saturated rings. The first kappa shape index (κ1) is 14.3.